The third kappa shape index (κ3) is 6.10. The molecule has 0 aliphatic rings. The maximum absolute atomic E-state index is 12.6. The largest absolute Gasteiger partial charge is 0.457 e. The van der Waals surface area contributed by atoms with E-state index in [1.54, 1.807) is 66.7 Å². The standard InChI is InChI=1S/C21H15Cl2F2NO2S/c22-14-6-5-13(18(23)11-14)12-28-20(27)17-3-1-2-4-19(17)26-15-7-9-16(10-8-15)29-21(24)25/h1-11,21,26H,12H2. The SMILES string of the molecule is O=C(OCc1ccc(Cl)cc1Cl)c1ccccc1Nc1ccc(SC(F)F)cc1. The van der Waals surface area contributed by atoms with Gasteiger partial charge >= 0.3 is 5.97 Å². The van der Waals surface area contributed by atoms with E-state index in [1.165, 1.54) is 0 Å². The number of hydrogen-bond donors (Lipinski definition) is 1. The maximum Gasteiger partial charge on any atom is 0.340 e. The zero-order chi connectivity index (χ0) is 20.8. The Hall–Kier alpha value is -2.28. The van der Waals surface area contributed by atoms with Crippen molar-refractivity contribution >= 4 is 52.3 Å². The van der Waals surface area contributed by atoms with E-state index in [0.29, 0.717) is 49.2 Å². The van der Waals surface area contributed by atoms with Gasteiger partial charge in [0.2, 0.25) is 0 Å². The van der Waals surface area contributed by atoms with Crippen LogP contribution in [0.1, 0.15) is 15.9 Å². The van der Waals surface area contributed by atoms with Crippen LogP contribution in [0.5, 0.6) is 0 Å². The van der Waals surface area contributed by atoms with E-state index in [4.69, 9.17) is 27.9 Å². The molecule has 3 nitrogen and oxygen atoms in total. The fraction of sp³-hybridized carbons (Fsp3) is 0.0952. The summed E-state index contributed by atoms with van der Waals surface area (Å²) in [5, 5.41) is 4.02. The quantitative estimate of drug-likeness (QED) is 0.298. The molecule has 29 heavy (non-hydrogen) atoms. The summed E-state index contributed by atoms with van der Waals surface area (Å²) >= 11 is 12.4. The Kier molecular flexibility index (Phi) is 7.36. The van der Waals surface area contributed by atoms with Crippen LogP contribution in [0.15, 0.2) is 71.6 Å². The molecule has 0 saturated heterocycles. The number of hydrogen-bond acceptors (Lipinski definition) is 4. The smallest absolute Gasteiger partial charge is 0.340 e. The van der Waals surface area contributed by atoms with Gasteiger partial charge in [-0.1, -0.05) is 53.2 Å². The molecule has 3 rings (SSSR count). The molecule has 0 aliphatic heterocycles. The van der Waals surface area contributed by atoms with Crippen molar-refractivity contribution in [3.8, 4) is 0 Å². The molecule has 0 amide bonds. The van der Waals surface area contributed by atoms with Gasteiger partial charge in [-0.2, -0.15) is 8.78 Å². The normalized spacial score (nSPS) is 10.8. The zero-order valence-electron chi connectivity index (χ0n) is 14.9. The Morgan fingerprint density at radius 2 is 1.76 bits per heavy atom. The number of para-hydroxylation sites is 1. The Labute approximate surface area is 181 Å². The van der Waals surface area contributed by atoms with Gasteiger partial charge in [-0.05, 0) is 48.5 Å². The molecular formula is C21H15Cl2F2NO2S. The van der Waals surface area contributed by atoms with Gasteiger partial charge in [-0.3, -0.25) is 0 Å². The minimum Gasteiger partial charge on any atom is -0.457 e. The predicted octanol–water partition coefficient (Wildman–Crippen LogP) is 7.41. The summed E-state index contributed by atoms with van der Waals surface area (Å²) in [6.45, 7) is 0.00270. The van der Waals surface area contributed by atoms with Crippen molar-refractivity contribution in [1.29, 1.82) is 0 Å². The first-order valence-electron chi connectivity index (χ1n) is 8.44. The molecule has 0 radical (unpaired) electrons. The number of rotatable bonds is 7. The highest BCUT2D eigenvalue weighted by Gasteiger charge is 2.14. The van der Waals surface area contributed by atoms with Gasteiger partial charge in [0.05, 0.1) is 11.3 Å². The number of anilines is 2. The van der Waals surface area contributed by atoms with Crippen molar-refractivity contribution in [2.45, 2.75) is 17.3 Å². The molecule has 0 aliphatic carbocycles. The molecule has 0 spiro atoms. The molecule has 0 fully saturated rings. The molecule has 0 unspecified atom stereocenters. The van der Waals surface area contributed by atoms with Gasteiger partial charge in [0.25, 0.3) is 5.76 Å². The van der Waals surface area contributed by atoms with Crippen molar-refractivity contribution in [2.24, 2.45) is 0 Å². The van der Waals surface area contributed by atoms with Crippen LogP contribution in [-0.4, -0.2) is 11.7 Å². The van der Waals surface area contributed by atoms with Crippen LogP contribution in [-0.2, 0) is 11.3 Å². The number of esters is 1. The number of carbonyl (C=O) groups excluding carboxylic acids is 1. The Balaban J connectivity index is 1.70. The lowest BCUT2D eigenvalue weighted by molar-refractivity contribution is 0.0474. The van der Waals surface area contributed by atoms with Crippen LogP contribution < -0.4 is 5.32 Å². The van der Waals surface area contributed by atoms with Crippen molar-refractivity contribution in [2.75, 3.05) is 5.32 Å². The molecule has 1 N–H and O–H groups in total. The highest BCUT2D eigenvalue weighted by molar-refractivity contribution is 7.99. The van der Waals surface area contributed by atoms with Gasteiger partial charge in [0, 0.05) is 26.2 Å². The Bertz CT molecular complexity index is 1000. The average Bonchev–Trinajstić information content (AvgIpc) is 2.68. The third-order valence-electron chi connectivity index (χ3n) is 3.88. The Morgan fingerprint density at radius 3 is 2.45 bits per heavy atom. The van der Waals surface area contributed by atoms with E-state index in [0.717, 1.165) is 0 Å². The monoisotopic (exact) mass is 453 g/mol. The minimum atomic E-state index is -2.47. The van der Waals surface area contributed by atoms with Gasteiger partial charge in [-0.25, -0.2) is 4.79 Å². The fourth-order valence-corrected chi connectivity index (χ4v) is 3.47. The summed E-state index contributed by atoms with van der Waals surface area (Å²) in [4.78, 5) is 13.0. The minimum absolute atomic E-state index is 0.00270. The van der Waals surface area contributed by atoms with Crippen LogP contribution in [0.3, 0.4) is 0 Å². The van der Waals surface area contributed by atoms with E-state index in [1.807, 2.05) is 0 Å². The lowest BCUT2D eigenvalue weighted by atomic mass is 10.1. The van der Waals surface area contributed by atoms with Gasteiger partial charge in [-0.15, -0.1) is 0 Å². The first-order chi connectivity index (χ1) is 13.9. The van der Waals surface area contributed by atoms with Crippen LogP contribution in [0.4, 0.5) is 20.2 Å². The number of benzene rings is 3. The van der Waals surface area contributed by atoms with Crippen molar-refractivity contribution in [1.82, 2.24) is 0 Å². The lowest BCUT2D eigenvalue weighted by Crippen LogP contribution is -2.08. The van der Waals surface area contributed by atoms with Crippen LogP contribution in [0.2, 0.25) is 10.0 Å². The summed E-state index contributed by atoms with van der Waals surface area (Å²) in [6, 6.07) is 18.3. The molecule has 0 aromatic heterocycles. The van der Waals surface area contributed by atoms with Crippen LogP contribution in [0, 0.1) is 0 Å². The third-order valence-corrected chi connectivity index (χ3v) is 5.19. The molecule has 8 heteroatoms. The van der Waals surface area contributed by atoms with Crippen LogP contribution in [0.25, 0.3) is 0 Å². The first kappa shape index (κ1) is 21.4. The molecule has 0 heterocycles. The first-order valence-corrected chi connectivity index (χ1v) is 10.1. The average molecular weight is 454 g/mol. The van der Waals surface area contributed by atoms with Crippen molar-refractivity contribution in [3.63, 3.8) is 0 Å². The van der Waals surface area contributed by atoms with Gasteiger partial charge in [0.15, 0.2) is 0 Å². The summed E-state index contributed by atoms with van der Waals surface area (Å²) in [7, 11) is 0. The van der Waals surface area contributed by atoms with Gasteiger partial charge < -0.3 is 10.1 Å². The van der Waals surface area contributed by atoms with E-state index in [-0.39, 0.29) is 6.61 Å². The topological polar surface area (TPSA) is 38.3 Å². The molecule has 150 valence electrons. The number of thioether (sulfide) groups is 1. The second-order valence-electron chi connectivity index (χ2n) is 5.89. The van der Waals surface area contributed by atoms with E-state index >= 15 is 0 Å². The molecule has 0 bridgehead atoms. The van der Waals surface area contributed by atoms with Crippen LogP contribution >= 0.6 is 35.0 Å². The van der Waals surface area contributed by atoms with E-state index < -0.39 is 11.7 Å². The maximum atomic E-state index is 12.6. The summed E-state index contributed by atoms with van der Waals surface area (Å²) in [5.41, 5.74) is 2.17. The van der Waals surface area contributed by atoms with Crippen molar-refractivity contribution in [3.05, 3.63) is 87.9 Å². The second-order valence-corrected chi connectivity index (χ2v) is 7.79. The number of carbonyl (C=O) groups is 1. The molecule has 0 atom stereocenters. The Morgan fingerprint density at radius 1 is 1.03 bits per heavy atom. The lowest BCUT2D eigenvalue weighted by Gasteiger charge is -2.13. The zero-order valence-corrected chi connectivity index (χ0v) is 17.2. The molecular weight excluding hydrogens is 439 g/mol. The van der Waals surface area contributed by atoms with Gasteiger partial charge in [0.1, 0.15) is 6.61 Å². The molecule has 3 aromatic rings. The van der Waals surface area contributed by atoms with E-state index in [2.05, 4.69) is 5.32 Å². The molecule has 0 saturated carbocycles. The highest BCUT2D eigenvalue weighted by atomic mass is 35.5. The summed E-state index contributed by atoms with van der Waals surface area (Å²) in [6.07, 6.45) is 0. The number of halogens is 4. The summed E-state index contributed by atoms with van der Waals surface area (Å²) in [5.74, 6) is -3.00. The van der Waals surface area contributed by atoms with Crippen molar-refractivity contribution < 1.29 is 18.3 Å². The van der Waals surface area contributed by atoms with E-state index in [9.17, 15) is 13.6 Å². The fourth-order valence-electron chi connectivity index (χ4n) is 2.51. The molecule has 3 aromatic carbocycles. The summed E-state index contributed by atoms with van der Waals surface area (Å²) < 4.78 is 30.2. The number of alkyl halides is 2. The number of nitrogens with one attached hydrogen (secondary N) is 1. The highest BCUT2D eigenvalue weighted by Crippen LogP contribution is 2.28. The predicted molar refractivity (Wildman–Crippen MR) is 114 cm³/mol. The second kappa shape index (κ2) is 9.96. The number of ether oxygens (including phenoxy) is 1.